The number of amides is 1. The number of carbonyl (C=O) groups is 1. The van der Waals surface area contributed by atoms with Gasteiger partial charge in [-0.2, -0.15) is 0 Å². The van der Waals surface area contributed by atoms with Gasteiger partial charge in [-0.05, 0) is 12.5 Å². The van der Waals surface area contributed by atoms with Crippen LogP contribution in [-0.4, -0.2) is 76.2 Å². The van der Waals surface area contributed by atoms with E-state index in [-0.39, 0.29) is 17.9 Å². The van der Waals surface area contributed by atoms with E-state index in [2.05, 4.69) is 31.2 Å². The minimum Gasteiger partial charge on any atom is -0.378 e. The maximum absolute atomic E-state index is 11.4. The predicted octanol–water partition coefficient (Wildman–Crippen LogP) is 1.28. The minimum absolute atomic E-state index is 0.0308. The van der Waals surface area contributed by atoms with Gasteiger partial charge in [-0.3, -0.25) is 9.69 Å². The normalized spacial score (nSPS) is 19.5. The number of fused-ring (bicyclic) bond motifs is 1. The molecule has 1 atom stereocenters. The fraction of sp³-hybridized carbons (Fsp3) is 0.476. The van der Waals surface area contributed by atoms with Crippen molar-refractivity contribution in [1.82, 2.24) is 30.2 Å². The third-order valence-electron chi connectivity index (χ3n) is 5.70. The molecular formula is C21H26N8O2S. The van der Waals surface area contributed by atoms with Gasteiger partial charge in [-0.25, -0.2) is 19.9 Å². The van der Waals surface area contributed by atoms with E-state index in [1.54, 1.807) is 30.7 Å². The second kappa shape index (κ2) is 8.93. The van der Waals surface area contributed by atoms with Crippen LogP contribution in [0.5, 0.6) is 0 Å². The van der Waals surface area contributed by atoms with Gasteiger partial charge in [0.1, 0.15) is 0 Å². The second-order valence-electron chi connectivity index (χ2n) is 8.15. The molecule has 0 spiro atoms. The molecule has 3 N–H and O–H groups in total. The Hall–Kier alpha value is -2.89. The van der Waals surface area contributed by atoms with Crippen LogP contribution in [0.1, 0.15) is 18.2 Å². The highest BCUT2D eigenvalue weighted by molar-refractivity contribution is 7.19. The summed E-state index contributed by atoms with van der Waals surface area (Å²) in [4.78, 5) is 35.2. The van der Waals surface area contributed by atoms with Crippen molar-refractivity contribution in [2.24, 2.45) is 0 Å². The molecule has 2 aliphatic heterocycles. The Morgan fingerprint density at radius 2 is 2.03 bits per heavy atom. The Morgan fingerprint density at radius 3 is 2.78 bits per heavy atom. The zero-order valence-electron chi connectivity index (χ0n) is 18.0. The molecular weight excluding hydrogens is 428 g/mol. The molecule has 3 aromatic heterocycles. The minimum atomic E-state index is 0.0308. The Kier molecular flexibility index (Phi) is 5.85. The number of rotatable bonds is 5. The third kappa shape index (κ3) is 4.50. The summed E-state index contributed by atoms with van der Waals surface area (Å²) in [6, 6.07) is 2.38. The largest absolute Gasteiger partial charge is 0.378 e. The molecule has 5 rings (SSSR count). The predicted molar refractivity (Wildman–Crippen MR) is 123 cm³/mol. The molecule has 2 fully saturated rings. The van der Waals surface area contributed by atoms with Crippen LogP contribution in [-0.2, 0) is 16.1 Å². The molecule has 3 aromatic rings. The molecule has 168 valence electrons. The zero-order chi connectivity index (χ0) is 22.1. The first-order valence-corrected chi connectivity index (χ1v) is 11.6. The highest BCUT2D eigenvalue weighted by Crippen LogP contribution is 2.35. The number of hydrogen-bond acceptors (Lipinski definition) is 10. The Balaban J connectivity index is 1.46. The first kappa shape index (κ1) is 21.0. The van der Waals surface area contributed by atoms with Crippen molar-refractivity contribution in [3.05, 3.63) is 23.3 Å². The van der Waals surface area contributed by atoms with E-state index in [1.165, 1.54) is 4.88 Å². The molecule has 0 bridgehead atoms. The smallest absolute Gasteiger partial charge is 0.219 e. The van der Waals surface area contributed by atoms with Crippen molar-refractivity contribution >= 4 is 39.2 Å². The van der Waals surface area contributed by atoms with Crippen molar-refractivity contribution in [3.63, 3.8) is 0 Å². The number of nitrogens with zero attached hydrogens (tertiary/aromatic N) is 6. The molecule has 1 amide bonds. The van der Waals surface area contributed by atoms with Gasteiger partial charge in [-0.1, -0.05) is 0 Å². The van der Waals surface area contributed by atoms with Crippen LogP contribution < -0.4 is 16.0 Å². The molecule has 0 saturated carbocycles. The summed E-state index contributed by atoms with van der Waals surface area (Å²) in [5, 5.41) is 3.03. The van der Waals surface area contributed by atoms with Gasteiger partial charge in [0, 0.05) is 63.0 Å². The van der Waals surface area contributed by atoms with Gasteiger partial charge in [0.05, 0.1) is 29.0 Å². The number of nitrogens with two attached hydrogens (primary N) is 1. The molecule has 11 heteroatoms. The summed E-state index contributed by atoms with van der Waals surface area (Å²) < 4.78 is 6.62. The van der Waals surface area contributed by atoms with Crippen LogP contribution in [0.2, 0.25) is 0 Å². The number of anilines is 2. The van der Waals surface area contributed by atoms with Crippen LogP contribution in [0.15, 0.2) is 18.5 Å². The molecule has 5 heterocycles. The number of nitrogens with one attached hydrogen (secondary N) is 1. The summed E-state index contributed by atoms with van der Waals surface area (Å²) in [6.07, 6.45) is 4.29. The zero-order valence-corrected chi connectivity index (χ0v) is 18.8. The Bertz CT molecular complexity index is 1110. The summed E-state index contributed by atoms with van der Waals surface area (Å²) in [5.41, 5.74) is 7.31. The summed E-state index contributed by atoms with van der Waals surface area (Å²) in [5.74, 6) is 1.78. The topological polar surface area (TPSA) is 122 Å². The average Bonchev–Trinajstić information content (AvgIpc) is 3.40. The fourth-order valence-electron chi connectivity index (χ4n) is 4.22. The van der Waals surface area contributed by atoms with Gasteiger partial charge in [0.15, 0.2) is 11.6 Å². The Labute approximate surface area is 189 Å². The van der Waals surface area contributed by atoms with Crippen LogP contribution >= 0.6 is 11.3 Å². The molecule has 0 radical (unpaired) electrons. The third-order valence-corrected chi connectivity index (χ3v) is 6.81. The first-order valence-electron chi connectivity index (χ1n) is 10.8. The van der Waals surface area contributed by atoms with Gasteiger partial charge < -0.3 is 20.7 Å². The Morgan fingerprint density at radius 1 is 1.25 bits per heavy atom. The number of thiophene rings is 1. The lowest BCUT2D eigenvalue weighted by atomic mass is 10.2. The molecule has 10 nitrogen and oxygen atoms in total. The van der Waals surface area contributed by atoms with Crippen molar-refractivity contribution in [2.75, 3.05) is 50.0 Å². The van der Waals surface area contributed by atoms with Crippen molar-refractivity contribution < 1.29 is 9.53 Å². The van der Waals surface area contributed by atoms with Crippen molar-refractivity contribution in [3.8, 4) is 11.4 Å². The van der Waals surface area contributed by atoms with Gasteiger partial charge in [0.2, 0.25) is 11.9 Å². The maximum atomic E-state index is 11.4. The number of nitrogen functional groups attached to an aromatic ring is 1. The summed E-state index contributed by atoms with van der Waals surface area (Å²) in [6.45, 7) is 7.19. The lowest BCUT2D eigenvalue weighted by Crippen LogP contribution is -2.36. The number of likely N-dealkylation sites (tertiary alicyclic amines) is 1. The summed E-state index contributed by atoms with van der Waals surface area (Å²) >= 11 is 1.74. The van der Waals surface area contributed by atoms with E-state index < -0.39 is 0 Å². The quantitative estimate of drug-likeness (QED) is 0.587. The highest BCUT2D eigenvalue weighted by atomic mass is 32.1. The second-order valence-corrected chi connectivity index (χ2v) is 9.29. The average molecular weight is 455 g/mol. The summed E-state index contributed by atoms with van der Waals surface area (Å²) in [7, 11) is 0. The maximum Gasteiger partial charge on any atom is 0.219 e. The van der Waals surface area contributed by atoms with Crippen LogP contribution in [0, 0.1) is 0 Å². The number of ether oxygens (including phenoxy) is 1. The van der Waals surface area contributed by atoms with Crippen LogP contribution in [0.4, 0.5) is 11.8 Å². The van der Waals surface area contributed by atoms with Crippen molar-refractivity contribution in [1.29, 1.82) is 0 Å². The van der Waals surface area contributed by atoms with Gasteiger partial charge in [0.25, 0.3) is 0 Å². The van der Waals surface area contributed by atoms with Gasteiger partial charge >= 0.3 is 0 Å². The van der Waals surface area contributed by atoms with E-state index in [1.807, 2.05) is 0 Å². The molecule has 0 aromatic carbocycles. The first-order chi connectivity index (χ1) is 15.5. The van der Waals surface area contributed by atoms with E-state index in [4.69, 9.17) is 20.4 Å². The number of carbonyl (C=O) groups excluding carboxylic acids is 1. The fourth-order valence-corrected chi connectivity index (χ4v) is 5.37. The SMILES string of the molecule is CC(=O)N[C@@H]1CCN(Cc2cc3nc(-c4cnc(N)nc4)nc(N4CCOCC4)c3s2)C1. The van der Waals surface area contributed by atoms with E-state index in [9.17, 15) is 4.79 Å². The van der Waals surface area contributed by atoms with Gasteiger partial charge in [-0.15, -0.1) is 11.3 Å². The van der Waals surface area contributed by atoms with Crippen LogP contribution in [0.3, 0.4) is 0 Å². The molecule has 2 aliphatic rings. The number of hydrogen-bond donors (Lipinski definition) is 2. The lowest BCUT2D eigenvalue weighted by molar-refractivity contribution is -0.119. The molecule has 0 aliphatic carbocycles. The standard InChI is InChI=1S/C21H26N8O2S/c1-13(30)25-15-2-3-28(11-15)12-16-8-17-18(32-16)20(29-4-6-31-7-5-29)27-19(26-17)14-9-23-21(22)24-10-14/h8-10,15H,2-7,11-12H2,1H3,(H,25,30)(H2,22,23,24)/t15-/m1/s1. The molecule has 2 saturated heterocycles. The number of morpholine rings is 1. The van der Waals surface area contributed by atoms with E-state index >= 15 is 0 Å². The van der Waals surface area contributed by atoms with E-state index in [0.29, 0.717) is 19.0 Å². The molecule has 0 unspecified atom stereocenters. The highest BCUT2D eigenvalue weighted by Gasteiger charge is 2.25. The lowest BCUT2D eigenvalue weighted by Gasteiger charge is -2.28. The van der Waals surface area contributed by atoms with E-state index in [0.717, 1.165) is 60.7 Å². The van der Waals surface area contributed by atoms with Crippen molar-refractivity contribution in [2.45, 2.75) is 25.9 Å². The monoisotopic (exact) mass is 454 g/mol. The number of aromatic nitrogens is 4. The van der Waals surface area contributed by atoms with Crippen LogP contribution in [0.25, 0.3) is 21.6 Å². The molecule has 32 heavy (non-hydrogen) atoms.